The van der Waals surface area contributed by atoms with E-state index in [0.29, 0.717) is 17.0 Å². The van der Waals surface area contributed by atoms with E-state index < -0.39 is 0 Å². The van der Waals surface area contributed by atoms with E-state index in [1.807, 2.05) is 12.1 Å². The van der Waals surface area contributed by atoms with E-state index in [0.717, 1.165) is 13.4 Å². The molecular weight excluding hydrogens is 454 g/mol. The van der Waals surface area contributed by atoms with Crippen molar-refractivity contribution in [2.24, 2.45) is 0 Å². The normalized spacial score (nSPS) is 10.2. The highest BCUT2D eigenvalue weighted by atomic mass is 79.9. The number of halogens is 3. The molecule has 3 nitrogen and oxygen atoms in total. The van der Waals surface area contributed by atoms with Crippen LogP contribution in [0.3, 0.4) is 0 Å². The molecule has 6 heteroatoms. The van der Waals surface area contributed by atoms with Gasteiger partial charge in [0.05, 0.1) is 12.8 Å². The van der Waals surface area contributed by atoms with E-state index >= 15 is 0 Å². The van der Waals surface area contributed by atoms with Gasteiger partial charge in [-0.1, -0.05) is 15.9 Å². The SMILES string of the molecule is COc1ccc(C(=O)Nc2c(Br)cc(Br)cc2Br)cc1. The summed E-state index contributed by atoms with van der Waals surface area (Å²) in [5, 5.41) is 2.87. The molecule has 0 atom stereocenters. The van der Waals surface area contributed by atoms with Crippen LogP contribution in [0.1, 0.15) is 10.4 Å². The largest absolute Gasteiger partial charge is 0.497 e. The van der Waals surface area contributed by atoms with Gasteiger partial charge in [0.1, 0.15) is 5.75 Å². The first-order valence-corrected chi connectivity index (χ1v) is 7.99. The summed E-state index contributed by atoms with van der Waals surface area (Å²) in [6, 6.07) is 10.7. The van der Waals surface area contributed by atoms with Crippen molar-refractivity contribution in [1.82, 2.24) is 0 Å². The number of methoxy groups -OCH3 is 1. The number of rotatable bonds is 3. The van der Waals surface area contributed by atoms with E-state index in [-0.39, 0.29) is 5.91 Å². The Kier molecular flexibility index (Phi) is 5.23. The molecule has 0 bridgehead atoms. The Labute approximate surface area is 142 Å². The van der Waals surface area contributed by atoms with Crippen molar-refractivity contribution in [3.8, 4) is 5.75 Å². The average molecular weight is 464 g/mol. The van der Waals surface area contributed by atoms with Crippen molar-refractivity contribution in [2.75, 3.05) is 12.4 Å². The molecule has 0 saturated heterocycles. The van der Waals surface area contributed by atoms with Crippen LogP contribution in [0.5, 0.6) is 5.75 Å². The van der Waals surface area contributed by atoms with Gasteiger partial charge in [-0.2, -0.15) is 0 Å². The van der Waals surface area contributed by atoms with Gasteiger partial charge in [0, 0.05) is 19.0 Å². The Hall–Kier alpha value is -0.850. The van der Waals surface area contributed by atoms with Crippen molar-refractivity contribution in [2.45, 2.75) is 0 Å². The number of carbonyl (C=O) groups excluding carboxylic acids is 1. The van der Waals surface area contributed by atoms with Gasteiger partial charge < -0.3 is 10.1 Å². The number of hydrogen-bond acceptors (Lipinski definition) is 2. The Morgan fingerprint density at radius 3 is 2.10 bits per heavy atom. The van der Waals surface area contributed by atoms with Crippen LogP contribution in [0, 0.1) is 0 Å². The summed E-state index contributed by atoms with van der Waals surface area (Å²) in [5.41, 5.74) is 1.25. The predicted octanol–water partition coefficient (Wildman–Crippen LogP) is 5.24. The molecule has 0 spiro atoms. The molecule has 2 aromatic rings. The molecule has 0 radical (unpaired) electrons. The van der Waals surface area contributed by atoms with E-state index in [2.05, 4.69) is 53.1 Å². The maximum atomic E-state index is 12.2. The summed E-state index contributed by atoms with van der Waals surface area (Å²) in [5.74, 6) is 0.531. The van der Waals surface area contributed by atoms with Crippen LogP contribution in [-0.4, -0.2) is 13.0 Å². The molecule has 104 valence electrons. The molecule has 2 rings (SSSR count). The molecule has 0 aromatic heterocycles. The van der Waals surface area contributed by atoms with Crippen LogP contribution >= 0.6 is 47.8 Å². The molecule has 2 aromatic carbocycles. The fraction of sp³-hybridized carbons (Fsp3) is 0.0714. The molecular formula is C14H10Br3NO2. The maximum absolute atomic E-state index is 12.2. The number of anilines is 1. The van der Waals surface area contributed by atoms with Crippen LogP contribution in [0.2, 0.25) is 0 Å². The van der Waals surface area contributed by atoms with Crippen molar-refractivity contribution in [3.63, 3.8) is 0 Å². The van der Waals surface area contributed by atoms with Crippen molar-refractivity contribution in [1.29, 1.82) is 0 Å². The van der Waals surface area contributed by atoms with Gasteiger partial charge in [0.15, 0.2) is 0 Å². The first-order valence-electron chi connectivity index (χ1n) is 5.61. The lowest BCUT2D eigenvalue weighted by Crippen LogP contribution is -2.12. The standard InChI is InChI=1S/C14H10Br3NO2/c1-20-10-4-2-8(3-5-10)14(19)18-13-11(16)6-9(15)7-12(13)17/h2-7H,1H3,(H,18,19). The zero-order chi connectivity index (χ0) is 14.7. The lowest BCUT2D eigenvalue weighted by Gasteiger charge is -2.10. The predicted molar refractivity (Wildman–Crippen MR) is 90.5 cm³/mol. The van der Waals surface area contributed by atoms with Crippen LogP contribution in [0.15, 0.2) is 49.8 Å². The fourth-order valence-corrected chi connectivity index (χ4v) is 4.05. The quantitative estimate of drug-likeness (QED) is 0.676. The molecule has 0 aliphatic carbocycles. The molecule has 20 heavy (non-hydrogen) atoms. The second kappa shape index (κ2) is 6.74. The topological polar surface area (TPSA) is 38.3 Å². The molecule has 0 saturated carbocycles. The number of benzene rings is 2. The highest BCUT2D eigenvalue weighted by molar-refractivity contribution is 9.11. The second-order valence-corrected chi connectivity index (χ2v) is 6.55. The zero-order valence-electron chi connectivity index (χ0n) is 10.4. The van der Waals surface area contributed by atoms with Gasteiger partial charge in [-0.25, -0.2) is 0 Å². The van der Waals surface area contributed by atoms with Gasteiger partial charge in [-0.15, -0.1) is 0 Å². The minimum absolute atomic E-state index is 0.184. The van der Waals surface area contributed by atoms with Gasteiger partial charge in [0.25, 0.3) is 5.91 Å². The van der Waals surface area contributed by atoms with Gasteiger partial charge in [0.2, 0.25) is 0 Å². The average Bonchev–Trinajstić information content (AvgIpc) is 2.42. The molecule has 0 heterocycles. The van der Waals surface area contributed by atoms with E-state index in [1.165, 1.54) is 0 Å². The Bertz CT molecular complexity index is 618. The molecule has 0 aliphatic heterocycles. The summed E-state index contributed by atoms with van der Waals surface area (Å²) in [7, 11) is 1.59. The minimum atomic E-state index is -0.184. The van der Waals surface area contributed by atoms with Crippen molar-refractivity contribution in [3.05, 3.63) is 55.4 Å². The molecule has 1 N–H and O–H groups in total. The van der Waals surface area contributed by atoms with Crippen LogP contribution < -0.4 is 10.1 Å². The van der Waals surface area contributed by atoms with Crippen LogP contribution in [0.25, 0.3) is 0 Å². The first-order chi connectivity index (χ1) is 9.51. The second-order valence-electron chi connectivity index (χ2n) is 3.93. The molecule has 1 amide bonds. The van der Waals surface area contributed by atoms with Crippen LogP contribution in [-0.2, 0) is 0 Å². The number of carbonyl (C=O) groups is 1. The first kappa shape index (κ1) is 15.5. The Balaban J connectivity index is 2.23. The highest BCUT2D eigenvalue weighted by Crippen LogP contribution is 2.34. The lowest BCUT2D eigenvalue weighted by atomic mass is 10.2. The summed E-state index contributed by atoms with van der Waals surface area (Å²) < 4.78 is 7.57. The van der Waals surface area contributed by atoms with E-state index in [1.54, 1.807) is 31.4 Å². The smallest absolute Gasteiger partial charge is 0.255 e. The van der Waals surface area contributed by atoms with Crippen LogP contribution in [0.4, 0.5) is 5.69 Å². The third kappa shape index (κ3) is 3.62. The number of ether oxygens (including phenoxy) is 1. The summed E-state index contributed by atoms with van der Waals surface area (Å²) >= 11 is 10.2. The zero-order valence-corrected chi connectivity index (χ0v) is 15.2. The van der Waals surface area contributed by atoms with Gasteiger partial charge in [-0.3, -0.25) is 4.79 Å². The fourth-order valence-electron chi connectivity index (χ4n) is 1.59. The van der Waals surface area contributed by atoms with Gasteiger partial charge >= 0.3 is 0 Å². The summed E-state index contributed by atoms with van der Waals surface area (Å²) in [4.78, 5) is 12.2. The highest BCUT2D eigenvalue weighted by Gasteiger charge is 2.12. The summed E-state index contributed by atoms with van der Waals surface area (Å²) in [6.07, 6.45) is 0. The number of hydrogen-bond donors (Lipinski definition) is 1. The Morgan fingerprint density at radius 1 is 1.05 bits per heavy atom. The third-order valence-corrected chi connectivity index (χ3v) is 4.31. The molecule has 0 unspecified atom stereocenters. The van der Waals surface area contributed by atoms with Crippen molar-refractivity contribution < 1.29 is 9.53 Å². The maximum Gasteiger partial charge on any atom is 0.255 e. The van der Waals surface area contributed by atoms with E-state index in [9.17, 15) is 4.79 Å². The lowest BCUT2D eigenvalue weighted by molar-refractivity contribution is 0.102. The van der Waals surface area contributed by atoms with Crippen molar-refractivity contribution >= 4 is 59.4 Å². The molecule has 0 fully saturated rings. The van der Waals surface area contributed by atoms with Gasteiger partial charge in [-0.05, 0) is 68.3 Å². The van der Waals surface area contributed by atoms with E-state index in [4.69, 9.17) is 4.74 Å². The monoisotopic (exact) mass is 461 g/mol. The number of nitrogens with one attached hydrogen (secondary N) is 1. The third-order valence-electron chi connectivity index (χ3n) is 2.60. The Morgan fingerprint density at radius 2 is 1.60 bits per heavy atom. The summed E-state index contributed by atoms with van der Waals surface area (Å²) in [6.45, 7) is 0. The number of amides is 1. The molecule has 0 aliphatic rings. The minimum Gasteiger partial charge on any atom is -0.497 e.